The van der Waals surface area contributed by atoms with Crippen molar-refractivity contribution >= 4 is 29.3 Å². The van der Waals surface area contributed by atoms with Crippen LogP contribution in [0.25, 0.3) is 16.9 Å². The second-order valence-electron chi connectivity index (χ2n) is 7.68. The molecule has 1 saturated heterocycles. The fourth-order valence-corrected chi connectivity index (χ4v) is 4.27. The van der Waals surface area contributed by atoms with Crippen molar-refractivity contribution in [1.82, 2.24) is 25.2 Å². The largest absolute Gasteiger partial charge is 0.322 e. The SMILES string of the molecule is Cc1c(-c2ccc3c(c2)CN(C2CCC(=O)NC2=O)C3=O)nnn1-c1ccc(Cl)cc1. The highest BCUT2D eigenvalue weighted by molar-refractivity contribution is 6.30. The second-order valence-corrected chi connectivity index (χ2v) is 8.12. The highest BCUT2D eigenvalue weighted by Gasteiger charge is 2.39. The van der Waals surface area contributed by atoms with Gasteiger partial charge in [-0.15, -0.1) is 5.10 Å². The number of rotatable bonds is 3. The molecule has 31 heavy (non-hydrogen) atoms. The van der Waals surface area contributed by atoms with Gasteiger partial charge >= 0.3 is 0 Å². The molecule has 1 N–H and O–H groups in total. The zero-order valence-electron chi connectivity index (χ0n) is 16.6. The van der Waals surface area contributed by atoms with Gasteiger partial charge in [0.15, 0.2) is 0 Å². The van der Waals surface area contributed by atoms with Gasteiger partial charge in [0.05, 0.1) is 11.4 Å². The Bertz CT molecular complexity index is 1230. The molecule has 1 aromatic heterocycles. The van der Waals surface area contributed by atoms with Gasteiger partial charge in [-0.1, -0.05) is 22.9 Å². The summed E-state index contributed by atoms with van der Waals surface area (Å²) in [6.07, 6.45) is 0.570. The van der Waals surface area contributed by atoms with Crippen LogP contribution < -0.4 is 5.32 Å². The minimum atomic E-state index is -0.631. The number of carbonyl (C=O) groups is 3. The van der Waals surface area contributed by atoms with Crippen LogP contribution in [0.15, 0.2) is 42.5 Å². The first-order valence-electron chi connectivity index (χ1n) is 9.88. The number of nitrogens with one attached hydrogen (secondary N) is 1. The quantitative estimate of drug-likeness (QED) is 0.638. The molecule has 0 aliphatic carbocycles. The molecule has 1 fully saturated rings. The van der Waals surface area contributed by atoms with E-state index in [0.29, 0.717) is 29.2 Å². The monoisotopic (exact) mass is 435 g/mol. The number of aromatic nitrogens is 3. The lowest BCUT2D eigenvalue weighted by molar-refractivity contribution is -0.136. The lowest BCUT2D eigenvalue weighted by Crippen LogP contribution is -2.52. The maximum absolute atomic E-state index is 12.9. The fraction of sp³-hybridized carbons (Fsp3) is 0.227. The maximum Gasteiger partial charge on any atom is 0.255 e. The first-order valence-corrected chi connectivity index (χ1v) is 10.3. The molecule has 1 unspecified atom stereocenters. The van der Waals surface area contributed by atoms with Gasteiger partial charge in [0.2, 0.25) is 11.8 Å². The Kier molecular flexibility index (Phi) is 4.59. The van der Waals surface area contributed by atoms with E-state index in [1.807, 2.05) is 31.2 Å². The Morgan fingerprint density at radius 1 is 1.10 bits per heavy atom. The summed E-state index contributed by atoms with van der Waals surface area (Å²) in [6.45, 7) is 2.25. The summed E-state index contributed by atoms with van der Waals surface area (Å²) in [4.78, 5) is 38.1. The van der Waals surface area contributed by atoms with E-state index < -0.39 is 11.9 Å². The number of benzene rings is 2. The van der Waals surface area contributed by atoms with E-state index in [4.69, 9.17) is 11.6 Å². The summed E-state index contributed by atoms with van der Waals surface area (Å²) < 4.78 is 1.74. The van der Waals surface area contributed by atoms with Crippen LogP contribution in [-0.2, 0) is 16.1 Å². The highest BCUT2D eigenvalue weighted by atomic mass is 35.5. The van der Waals surface area contributed by atoms with Crippen molar-refractivity contribution < 1.29 is 14.4 Å². The lowest BCUT2D eigenvalue weighted by Gasteiger charge is -2.29. The maximum atomic E-state index is 12.9. The standard InChI is InChI=1S/C22H18ClN5O3/c1-12-20(25-26-28(12)16-5-3-15(23)4-6-16)13-2-7-17-14(10-13)11-27(22(17)31)18-8-9-19(29)24-21(18)30/h2-7,10,18H,8-9,11H2,1H3,(H,24,29,30). The molecule has 8 nitrogen and oxygen atoms in total. The van der Waals surface area contributed by atoms with Crippen molar-refractivity contribution in [2.75, 3.05) is 0 Å². The van der Waals surface area contributed by atoms with Crippen molar-refractivity contribution in [3.05, 3.63) is 64.3 Å². The molecular weight excluding hydrogens is 418 g/mol. The third-order valence-electron chi connectivity index (χ3n) is 5.76. The van der Waals surface area contributed by atoms with Crippen molar-refractivity contribution in [3.8, 4) is 16.9 Å². The molecule has 3 aromatic rings. The number of carbonyl (C=O) groups excluding carboxylic acids is 3. The topological polar surface area (TPSA) is 97.2 Å². The smallest absolute Gasteiger partial charge is 0.255 e. The van der Waals surface area contributed by atoms with Crippen LogP contribution in [0.5, 0.6) is 0 Å². The first kappa shape index (κ1) is 19.4. The average Bonchev–Trinajstić information content (AvgIpc) is 3.28. The Morgan fingerprint density at radius 2 is 1.87 bits per heavy atom. The number of hydrogen-bond donors (Lipinski definition) is 1. The molecule has 5 rings (SSSR count). The molecule has 0 bridgehead atoms. The third kappa shape index (κ3) is 3.29. The van der Waals surface area contributed by atoms with E-state index in [2.05, 4.69) is 15.6 Å². The molecule has 0 spiro atoms. The molecule has 3 heterocycles. The predicted octanol–water partition coefficient (Wildman–Crippen LogP) is 2.66. The van der Waals surface area contributed by atoms with E-state index in [0.717, 1.165) is 22.5 Å². The van der Waals surface area contributed by atoms with Crippen LogP contribution in [0.2, 0.25) is 5.02 Å². The normalized spacial score (nSPS) is 18.3. The van der Waals surface area contributed by atoms with Gasteiger partial charge in [-0.25, -0.2) is 4.68 Å². The third-order valence-corrected chi connectivity index (χ3v) is 6.01. The Hall–Kier alpha value is -3.52. The van der Waals surface area contributed by atoms with E-state index >= 15 is 0 Å². The van der Waals surface area contributed by atoms with Crippen LogP contribution in [-0.4, -0.2) is 43.7 Å². The Labute approximate surface area is 182 Å². The summed E-state index contributed by atoms with van der Waals surface area (Å²) >= 11 is 5.97. The number of nitrogens with zero attached hydrogens (tertiary/aromatic N) is 4. The number of imide groups is 1. The second kappa shape index (κ2) is 7.31. The van der Waals surface area contributed by atoms with Gasteiger partial charge in [-0.05, 0) is 55.3 Å². The van der Waals surface area contributed by atoms with Gasteiger partial charge in [-0.3, -0.25) is 19.7 Å². The van der Waals surface area contributed by atoms with E-state index in [-0.39, 0.29) is 18.2 Å². The minimum absolute atomic E-state index is 0.197. The summed E-state index contributed by atoms with van der Waals surface area (Å²) in [5, 5.41) is 11.6. The van der Waals surface area contributed by atoms with Gasteiger partial charge in [0, 0.05) is 29.1 Å². The first-order chi connectivity index (χ1) is 14.9. The zero-order valence-corrected chi connectivity index (χ0v) is 17.4. The molecule has 0 saturated carbocycles. The lowest BCUT2D eigenvalue weighted by atomic mass is 10.0. The van der Waals surface area contributed by atoms with Crippen LogP contribution in [0.1, 0.15) is 34.5 Å². The van der Waals surface area contributed by atoms with Crippen LogP contribution in [0.4, 0.5) is 0 Å². The molecule has 1 atom stereocenters. The summed E-state index contributed by atoms with van der Waals surface area (Å²) in [5.41, 5.74) is 4.65. The summed E-state index contributed by atoms with van der Waals surface area (Å²) in [7, 11) is 0. The van der Waals surface area contributed by atoms with E-state index in [1.165, 1.54) is 4.90 Å². The van der Waals surface area contributed by atoms with E-state index in [9.17, 15) is 14.4 Å². The van der Waals surface area contributed by atoms with Gasteiger partial charge < -0.3 is 4.90 Å². The molecule has 2 aliphatic heterocycles. The summed E-state index contributed by atoms with van der Waals surface area (Å²) in [6, 6.07) is 12.2. The molecular formula is C22H18ClN5O3. The zero-order chi connectivity index (χ0) is 21.7. The minimum Gasteiger partial charge on any atom is -0.322 e. The van der Waals surface area contributed by atoms with Crippen LogP contribution in [0, 0.1) is 6.92 Å². The molecule has 9 heteroatoms. The predicted molar refractivity (Wildman–Crippen MR) is 113 cm³/mol. The number of hydrogen-bond acceptors (Lipinski definition) is 5. The van der Waals surface area contributed by atoms with Crippen molar-refractivity contribution in [3.63, 3.8) is 0 Å². The Morgan fingerprint density at radius 3 is 2.61 bits per heavy atom. The van der Waals surface area contributed by atoms with Crippen LogP contribution >= 0.6 is 11.6 Å². The molecule has 3 amide bonds. The molecule has 2 aliphatic rings. The van der Waals surface area contributed by atoms with Crippen molar-refractivity contribution in [1.29, 1.82) is 0 Å². The van der Waals surface area contributed by atoms with Gasteiger partial charge in [0.1, 0.15) is 11.7 Å². The van der Waals surface area contributed by atoms with Gasteiger partial charge in [-0.2, -0.15) is 0 Å². The molecule has 0 radical (unpaired) electrons. The van der Waals surface area contributed by atoms with Crippen molar-refractivity contribution in [2.45, 2.75) is 32.4 Å². The fourth-order valence-electron chi connectivity index (χ4n) is 4.15. The highest BCUT2D eigenvalue weighted by Crippen LogP contribution is 2.32. The number of piperidine rings is 1. The number of fused-ring (bicyclic) bond motifs is 1. The molecule has 156 valence electrons. The van der Waals surface area contributed by atoms with E-state index in [1.54, 1.807) is 22.9 Å². The number of amides is 3. The molecule has 2 aromatic carbocycles. The average molecular weight is 436 g/mol. The van der Waals surface area contributed by atoms with Crippen molar-refractivity contribution in [2.24, 2.45) is 0 Å². The summed E-state index contributed by atoms with van der Waals surface area (Å²) in [5.74, 6) is -0.913. The van der Waals surface area contributed by atoms with Gasteiger partial charge in [0.25, 0.3) is 5.91 Å². The Balaban J connectivity index is 1.44. The number of halogens is 1. The van der Waals surface area contributed by atoms with Crippen LogP contribution in [0.3, 0.4) is 0 Å².